The van der Waals surface area contributed by atoms with Crippen molar-refractivity contribution in [1.82, 2.24) is 20.2 Å². The van der Waals surface area contributed by atoms with Gasteiger partial charge in [0.2, 0.25) is 0 Å². The molecule has 1 heterocycles. The summed E-state index contributed by atoms with van der Waals surface area (Å²) in [5, 5.41) is 12.0. The van der Waals surface area contributed by atoms with Crippen molar-refractivity contribution in [2.45, 2.75) is 6.92 Å². The Hall–Kier alpha value is -1.73. The Kier molecular flexibility index (Phi) is 3.77. The molecule has 0 saturated heterocycles. The van der Waals surface area contributed by atoms with Crippen molar-refractivity contribution in [3.8, 4) is 17.1 Å². The molecule has 0 aliphatic heterocycles. The van der Waals surface area contributed by atoms with Gasteiger partial charge in [0.15, 0.2) is 5.82 Å². The number of benzene rings is 2. The molecular weight excluding hydrogens is 398 g/mol. The molecule has 0 atom stereocenters. The number of rotatable bonds is 2. The summed E-state index contributed by atoms with van der Waals surface area (Å²) in [5.41, 5.74) is 9.45. The Morgan fingerprint density at radius 2 is 1.76 bits per heavy atom. The molecule has 2 aromatic carbocycles. The SMILES string of the molecule is Cc1c(N)cc(Br)cc1-c1nnnn1-c1ccc(Br)cc1. The van der Waals surface area contributed by atoms with E-state index >= 15 is 0 Å². The summed E-state index contributed by atoms with van der Waals surface area (Å²) in [7, 11) is 0. The molecule has 106 valence electrons. The Balaban J connectivity index is 2.18. The average molecular weight is 409 g/mol. The maximum atomic E-state index is 6.02. The molecule has 0 fully saturated rings. The van der Waals surface area contributed by atoms with Crippen LogP contribution in [0.1, 0.15) is 5.56 Å². The minimum Gasteiger partial charge on any atom is -0.398 e. The number of nitrogens with two attached hydrogens (primary N) is 1. The van der Waals surface area contributed by atoms with Gasteiger partial charge in [-0.15, -0.1) is 5.10 Å². The molecule has 0 aliphatic carbocycles. The maximum Gasteiger partial charge on any atom is 0.187 e. The molecule has 2 N–H and O–H groups in total. The minimum absolute atomic E-state index is 0.655. The lowest BCUT2D eigenvalue weighted by Crippen LogP contribution is -2.02. The number of hydrogen-bond acceptors (Lipinski definition) is 4. The van der Waals surface area contributed by atoms with Crippen LogP contribution >= 0.6 is 31.9 Å². The third-order valence-electron chi connectivity index (χ3n) is 3.19. The fourth-order valence-electron chi connectivity index (χ4n) is 2.04. The van der Waals surface area contributed by atoms with Gasteiger partial charge in [-0.2, -0.15) is 4.68 Å². The van der Waals surface area contributed by atoms with E-state index in [1.54, 1.807) is 4.68 Å². The summed E-state index contributed by atoms with van der Waals surface area (Å²) in [6.45, 7) is 1.96. The van der Waals surface area contributed by atoms with E-state index in [1.807, 2.05) is 43.3 Å². The fraction of sp³-hybridized carbons (Fsp3) is 0.0714. The number of tetrazole rings is 1. The molecule has 0 bridgehead atoms. The molecule has 1 aromatic heterocycles. The standard InChI is InChI=1S/C14H11Br2N5/c1-8-12(6-10(16)7-13(8)17)14-18-19-20-21(14)11-4-2-9(15)3-5-11/h2-7H,17H2,1H3. The number of aromatic nitrogens is 4. The van der Waals surface area contributed by atoms with Crippen molar-refractivity contribution in [3.63, 3.8) is 0 Å². The van der Waals surface area contributed by atoms with E-state index in [4.69, 9.17) is 5.73 Å². The van der Waals surface area contributed by atoms with Crippen LogP contribution in [0.5, 0.6) is 0 Å². The topological polar surface area (TPSA) is 69.6 Å². The second-order valence-electron chi connectivity index (χ2n) is 4.56. The van der Waals surface area contributed by atoms with E-state index in [0.717, 1.165) is 25.8 Å². The molecule has 7 heteroatoms. The Morgan fingerprint density at radius 3 is 2.48 bits per heavy atom. The molecule has 21 heavy (non-hydrogen) atoms. The number of halogens is 2. The quantitative estimate of drug-likeness (QED) is 0.655. The lowest BCUT2D eigenvalue weighted by Gasteiger charge is -2.10. The van der Waals surface area contributed by atoms with Crippen LogP contribution in [0.15, 0.2) is 45.3 Å². The molecule has 5 nitrogen and oxygen atoms in total. The summed E-state index contributed by atoms with van der Waals surface area (Å²) in [4.78, 5) is 0. The summed E-state index contributed by atoms with van der Waals surface area (Å²) in [6.07, 6.45) is 0. The predicted molar refractivity (Wildman–Crippen MR) is 89.1 cm³/mol. The van der Waals surface area contributed by atoms with Crippen LogP contribution in [-0.2, 0) is 0 Å². The van der Waals surface area contributed by atoms with E-state index in [1.165, 1.54) is 0 Å². The maximum absolute atomic E-state index is 6.02. The van der Waals surface area contributed by atoms with Crippen LogP contribution in [0.2, 0.25) is 0 Å². The zero-order valence-electron chi connectivity index (χ0n) is 11.1. The van der Waals surface area contributed by atoms with Crippen molar-refractivity contribution < 1.29 is 0 Å². The third-order valence-corrected chi connectivity index (χ3v) is 4.18. The molecule has 0 saturated carbocycles. The highest BCUT2D eigenvalue weighted by molar-refractivity contribution is 9.10. The van der Waals surface area contributed by atoms with Crippen molar-refractivity contribution >= 4 is 37.5 Å². The largest absolute Gasteiger partial charge is 0.398 e. The van der Waals surface area contributed by atoms with Gasteiger partial charge < -0.3 is 5.73 Å². The summed E-state index contributed by atoms with van der Waals surface area (Å²) >= 11 is 6.88. The molecule has 0 radical (unpaired) electrons. The van der Waals surface area contributed by atoms with Crippen molar-refractivity contribution in [1.29, 1.82) is 0 Å². The number of nitrogen functional groups attached to an aromatic ring is 1. The predicted octanol–water partition coefficient (Wildman–Crippen LogP) is 3.74. The van der Waals surface area contributed by atoms with Gasteiger partial charge in [-0.3, -0.25) is 0 Å². The lowest BCUT2D eigenvalue weighted by atomic mass is 10.1. The first-order valence-electron chi connectivity index (χ1n) is 6.16. The van der Waals surface area contributed by atoms with E-state index < -0.39 is 0 Å². The molecular formula is C14H11Br2N5. The molecule has 0 aliphatic rings. The molecule has 3 rings (SSSR count). The Bertz CT molecular complexity index is 796. The Morgan fingerprint density at radius 1 is 1.05 bits per heavy atom. The van der Waals surface area contributed by atoms with Gasteiger partial charge in [-0.05, 0) is 59.3 Å². The highest BCUT2D eigenvalue weighted by Crippen LogP contribution is 2.30. The van der Waals surface area contributed by atoms with Gasteiger partial charge in [-0.25, -0.2) is 0 Å². The van der Waals surface area contributed by atoms with Gasteiger partial charge in [0.1, 0.15) is 0 Å². The second kappa shape index (κ2) is 5.57. The molecule has 0 amide bonds. The van der Waals surface area contributed by atoms with E-state index in [0.29, 0.717) is 11.5 Å². The summed E-state index contributed by atoms with van der Waals surface area (Å²) in [5.74, 6) is 0.655. The first kappa shape index (κ1) is 14.2. The van der Waals surface area contributed by atoms with Gasteiger partial charge >= 0.3 is 0 Å². The smallest absolute Gasteiger partial charge is 0.187 e. The fourth-order valence-corrected chi connectivity index (χ4v) is 2.78. The van der Waals surface area contributed by atoms with Gasteiger partial charge in [0, 0.05) is 20.2 Å². The van der Waals surface area contributed by atoms with Gasteiger partial charge in [0.25, 0.3) is 0 Å². The van der Waals surface area contributed by atoms with Gasteiger partial charge in [-0.1, -0.05) is 31.9 Å². The summed E-state index contributed by atoms with van der Waals surface area (Å²) in [6, 6.07) is 11.6. The van der Waals surface area contributed by atoms with E-state index in [9.17, 15) is 0 Å². The number of anilines is 1. The van der Waals surface area contributed by atoms with E-state index in [-0.39, 0.29) is 0 Å². The van der Waals surface area contributed by atoms with Crippen LogP contribution in [-0.4, -0.2) is 20.2 Å². The second-order valence-corrected chi connectivity index (χ2v) is 6.39. The van der Waals surface area contributed by atoms with Crippen LogP contribution in [0, 0.1) is 6.92 Å². The van der Waals surface area contributed by atoms with Crippen molar-refractivity contribution in [2.24, 2.45) is 0 Å². The molecule has 3 aromatic rings. The monoisotopic (exact) mass is 407 g/mol. The highest BCUT2D eigenvalue weighted by Gasteiger charge is 2.15. The minimum atomic E-state index is 0.655. The van der Waals surface area contributed by atoms with Crippen LogP contribution in [0.25, 0.3) is 17.1 Å². The first-order valence-corrected chi connectivity index (χ1v) is 7.75. The Labute approximate surface area is 138 Å². The number of hydrogen-bond donors (Lipinski definition) is 1. The number of nitrogens with zero attached hydrogens (tertiary/aromatic N) is 4. The van der Waals surface area contributed by atoms with Crippen molar-refractivity contribution in [3.05, 3.63) is 50.9 Å². The summed E-state index contributed by atoms with van der Waals surface area (Å²) < 4.78 is 3.59. The van der Waals surface area contributed by atoms with E-state index in [2.05, 4.69) is 47.4 Å². The zero-order valence-corrected chi connectivity index (χ0v) is 14.3. The normalized spacial score (nSPS) is 10.8. The molecule has 0 spiro atoms. The zero-order chi connectivity index (χ0) is 15.0. The van der Waals surface area contributed by atoms with Gasteiger partial charge in [0.05, 0.1) is 5.69 Å². The lowest BCUT2D eigenvalue weighted by molar-refractivity contribution is 0.791. The van der Waals surface area contributed by atoms with Crippen LogP contribution in [0.4, 0.5) is 5.69 Å². The van der Waals surface area contributed by atoms with Crippen LogP contribution < -0.4 is 5.73 Å². The third kappa shape index (κ3) is 2.71. The highest BCUT2D eigenvalue weighted by atomic mass is 79.9. The van der Waals surface area contributed by atoms with Crippen molar-refractivity contribution in [2.75, 3.05) is 5.73 Å². The first-order chi connectivity index (χ1) is 10.1. The molecule has 0 unspecified atom stereocenters. The van der Waals surface area contributed by atoms with Crippen LogP contribution in [0.3, 0.4) is 0 Å². The average Bonchev–Trinajstić information content (AvgIpc) is 2.93.